The van der Waals surface area contributed by atoms with Gasteiger partial charge in [-0.15, -0.1) is 0 Å². The number of aliphatic hydroxyl groups is 1. The first kappa shape index (κ1) is 12.7. The van der Waals surface area contributed by atoms with E-state index in [1.54, 1.807) is 31.2 Å². The van der Waals surface area contributed by atoms with E-state index in [1.165, 1.54) is 18.2 Å². The van der Waals surface area contributed by atoms with Gasteiger partial charge in [-0.05, 0) is 41.8 Å². The Bertz CT molecular complexity index is 552. The fourth-order valence-electron chi connectivity index (χ4n) is 1.88. The number of rotatable bonds is 3. The molecule has 0 aliphatic heterocycles. The van der Waals surface area contributed by atoms with Crippen molar-refractivity contribution in [3.05, 3.63) is 70.8 Å². The maximum atomic E-state index is 13.1. The molecule has 0 radical (unpaired) electrons. The van der Waals surface area contributed by atoms with Crippen molar-refractivity contribution in [2.24, 2.45) is 0 Å². The first-order valence-corrected chi connectivity index (χ1v) is 5.75. The molecule has 2 aromatic rings. The lowest BCUT2D eigenvalue weighted by Crippen LogP contribution is -2.03. The van der Waals surface area contributed by atoms with E-state index < -0.39 is 6.10 Å². The maximum Gasteiger partial charge on any atom is 0.126 e. The molecule has 0 spiro atoms. The van der Waals surface area contributed by atoms with Gasteiger partial charge in [0, 0.05) is 6.42 Å². The molecule has 2 rings (SSSR count). The molecule has 0 heterocycles. The van der Waals surface area contributed by atoms with E-state index in [-0.39, 0.29) is 11.6 Å². The lowest BCUT2D eigenvalue weighted by atomic mass is 10.00. The molecule has 0 aliphatic carbocycles. The van der Waals surface area contributed by atoms with Gasteiger partial charge >= 0.3 is 0 Å². The molecule has 0 saturated carbocycles. The van der Waals surface area contributed by atoms with E-state index in [2.05, 4.69) is 0 Å². The standard InChI is InChI=1S/C15H14F2O/c1-10-7-12(5-6-14(10)17)15(18)9-11-3-2-4-13(16)8-11/h2-8,15,18H,9H2,1H3. The summed E-state index contributed by atoms with van der Waals surface area (Å²) in [4.78, 5) is 0. The van der Waals surface area contributed by atoms with Crippen LogP contribution in [0.5, 0.6) is 0 Å². The van der Waals surface area contributed by atoms with Crippen LogP contribution in [0.4, 0.5) is 8.78 Å². The van der Waals surface area contributed by atoms with Gasteiger partial charge in [0.1, 0.15) is 11.6 Å². The number of halogens is 2. The van der Waals surface area contributed by atoms with Crippen molar-refractivity contribution >= 4 is 0 Å². The molecule has 0 bridgehead atoms. The van der Waals surface area contributed by atoms with Crippen molar-refractivity contribution in [2.45, 2.75) is 19.4 Å². The van der Waals surface area contributed by atoms with Crippen molar-refractivity contribution < 1.29 is 13.9 Å². The van der Waals surface area contributed by atoms with Gasteiger partial charge in [0.25, 0.3) is 0 Å². The zero-order valence-corrected chi connectivity index (χ0v) is 10.0. The van der Waals surface area contributed by atoms with Crippen molar-refractivity contribution in [1.82, 2.24) is 0 Å². The van der Waals surface area contributed by atoms with Crippen LogP contribution in [0.1, 0.15) is 22.8 Å². The number of hydrogen-bond donors (Lipinski definition) is 1. The molecular formula is C15H14F2O. The van der Waals surface area contributed by atoms with Gasteiger partial charge in [0.15, 0.2) is 0 Å². The zero-order chi connectivity index (χ0) is 13.1. The minimum atomic E-state index is -0.758. The van der Waals surface area contributed by atoms with E-state index in [0.29, 0.717) is 23.1 Å². The van der Waals surface area contributed by atoms with Gasteiger partial charge < -0.3 is 5.11 Å². The van der Waals surface area contributed by atoms with Gasteiger partial charge in [-0.2, -0.15) is 0 Å². The number of aliphatic hydroxyl groups excluding tert-OH is 1. The Morgan fingerprint density at radius 1 is 1.11 bits per heavy atom. The number of aryl methyl sites for hydroxylation is 1. The van der Waals surface area contributed by atoms with Crippen LogP contribution in [0.25, 0.3) is 0 Å². The van der Waals surface area contributed by atoms with Crippen LogP contribution in [0.2, 0.25) is 0 Å². The molecule has 3 heteroatoms. The fourth-order valence-corrected chi connectivity index (χ4v) is 1.88. The van der Waals surface area contributed by atoms with E-state index in [1.807, 2.05) is 0 Å². The summed E-state index contributed by atoms with van der Waals surface area (Å²) in [5.74, 6) is -0.619. The third-order valence-corrected chi connectivity index (χ3v) is 2.88. The summed E-state index contributed by atoms with van der Waals surface area (Å²) in [7, 11) is 0. The Labute approximate surface area is 105 Å². The second-order valence-corrected chi connectivity index (χ2v) is 4.36. The SMILES string of the molecule is Cc1cc(C(O)Cc2cccc(F)c2)ccc1F. The fraction of sp³-hybridized carbons (Fsp3) is 0.200. The summed E-state index contributed by atoms with van der Waals surface area (Å²) in [5, 5.41) is 10.0. The summed E-state index contributed by atoms with van der Waals surface area (Å²) < 4.78 is 26.1. The van der Waals surface area contributed by atoms with Crippen LogP contribution in [0.3, 0.4) is 0 Å². The first-order chi connectivity index (χ1) is 8.56. The molecule has 94 valence electrons. The van der Waals surface area contributed by atoms with Gasteiger partial charge in [-0.1, -0.05) is 24.3 Å². The third-order valence-electron chi connectivity index (χ3n) is 2.88. The topological polar surface area (TPSA) is 20.2 Å². The molecule has 1 unspecified atom stereocenters. The average molecular weight is 248 g/mol. The predicted octanol–water partition coefficient (Wildman–Crippen LogP) is 3.55. The Kier molecular flexibility index (Phi) is 3.72. The molecule has 2 aromatic carbocycles. The smallest absolute Gasteiger partial charge is 0.126 e. The molecule has 1 N–H and O–H groups in total. The van der Waals surface area contributed by atoms with Crippen molar-refractivity contribution in [1.29, 1.82) is 0 Å². The molecule has 0 fully saturated rings. The van der Waals surface area contributed by atoms with Crippen LogP contribution < -0.4 is 0 Å². The minimum absolute atomic E-state index is 0.295. The van der Waals surface area contributed by atoms with E-state index in [4.69, 9.17) is 0 Å². The van der Waals surface area contributed by atoms with Crippen LogP contribution in [-0.2, 0) is 6.42 Å². The molecule has 18 heavy (non-hydrogen) atoms. The largest absolute Gasteiger partial charge is 0.388 e. The highest BCUT2D eigenvalue weighted by atomic mass is 19.1. The normalized spacial score (nSPS) is 12.4. The zero-order valence-electron chi connectivity index (χ0n) is 10.0. The van der Waals surface area contributed by atoms with Gasteiger partial charge in [0.2, 0.25) is 0 Å². The van der Waals surface area contributed by atoms with E-state index in [9.17, 15) is 13.9 Å². The van der Waals surface area contributed by atoms with Gasteiger partial charge in [-0.3, -0.25) is 0 Å². The quantitative estimate of drug-likeness (QED) is 0.880. The highest BCUT2D eigenvalue weighted by molar-refractivity contribution is 5.27. The van der Waals surface area contributed by atoms with Crippen LogP contribution in [-0.4, -0.2) is 5.11 Å². The summed E-state index contributed by atoms with van der Waals surface area (Å²) in [6.45, 7) is 1.65. The summed E-state index contributed by atoms with van der Waals surface area (Å²) in [6, 6.07) is 10.6. The van der Waals surface area contributed by atoms with Crippen molar-refractivity contribution in [3.63, 3.8) is 0 Å². The summed E-state index contributed by atoms with van der Waals surface area (Å²) in [6.07, 6.45) is -0.450. The monoisotopic (exact) mass is 248 g/mol. The Morgan fingerprint density at radius 2 is 1.89 bits per heavy atom. The molecule has 1 atom stereocenters. The summed E-state index contributed by atoms with van der Waals surface area (Å²) >= 11 is 0. The maximum absolute atomic E-state index is 13.1. The average Bonchev–Trinajstić information content (AvgIpc) is 2.32. The molecule has 1 nitrogen and oxygen atoms in total. The third kappa shape index (κ3) is 2.93. The predicted molar refractivity (Wildman–Crippen MR) is 66.2 cm³/mol. The van der Waals surface area contributed by atoms with Gasteiger partial charge in [-0.25, -0.2) is 8.78 Å². The second-order valence-electron chi connectivity index (χ2n) is 4.36. The Morgan fingerprint density at radius 3 is 2.56 bits per heavy atom. The lowest BCUT2D eigenvalue weighted by Gasteiger charge is -2.12. The van der Waals surface area contributed by atoms with E-state index in [0.717, 1.165) is 0 Å². The molecule has 0 saturated heterocycles. The lowest BCUT2D eigenvalue weighted by molar-refractivity contribution is 0.178. The second kappa shape index (κ2) is 5.27. The van der Waals surface area contributed by atoms with Crippen molar-refractivity contribution in [3.8, 4) is 0 Å². The molecule has 0 aliphatic rings. The minimum Gasteiger partial charge on any atom is -0.388 e. The van der Waals surface area contributed by atoms with E-state index >= 15 is 0 Å². The molecule has 0 amide bonds. The number of benzene rings is 2. The Balaban J connectivity index is 2.16. The first-order valence-electron chi connectivity index (χ1n) is 5.75. The number of hydrogen-bond acceptors (Lipinski definition) is 1. The van der Waals surface area contributed by atoms with Crippen LogP contribution >= 0.6 is 0 Å². The highest BCUT2D eigenvalue weighted by Crippen LogP contribution is 2.20. The molecule has 0 aromatic heterocycles. The highest BCUT2D eigenvalue weighted by Gasteiger charge is 2.10. The Hall–Kier alpha value is -1.74. The van der Waals surface area contributed by atoms with Crippen molar-refractivity contribution in [2.75, 3.05) is 0 Å². The molecular weight excluding hydrogens is 234 g/mol. The van der Waals surface area contributed by atoms with Crippen LogP contribution in [0, 0.1) is 18.6 Å². The van der Waals surface area contributed by atoms with Gasteiger partial charge in [0.05, 0.1) is 6.10 Å². The summed E-state index contributed by atoms with van der Waals surface area (Å²) in [5.41, 5.74) is 1.84. The van der Waals surface area contributed by atoms with Crippen LogP contribution in [0.15, 0.2) is 42.5 Å².